The number of hydrogen-bond acceptors (Lipinski definition) is 5. The molecule has 2 heterocycles. The average Bonchev–Trinajstić information content (AvgIpc) is 2.63. The van der Waals surface area contributed by atoms with E-state index in [1.165, 1.54) is 11.5 Å². The van der Waals surface area contributed by atoms with Crippen molar-refractivity contribution < 1.29 is 0 Å². The van der Waals surface area contributed by atoms with Crippen LogP contribution < -0.4 is 5.73 Å². The van der Waals surface area contributed by atoms with E-state index in [-0.39, 0.29) is 0 Å². The van der Waals surface area contributed by atoms with E-state index in [2.05, 4.69) is 14.5 Å². The molecule has 62 valence electrons. The van der Waals surface area contributed by atoms with Crippen LogP contribution in [0.25, 0.3) is 0 Å². The van der Waals surface area contributed by atoms with Crippen molar-refractivity contribution in [2.45, 2.75) is 6.54 Å². The van der Waals surface area contributed by atoms with Gasteiger partial charge in [-0.05, 0) is 6.07 Å². The summed E-state index contributed by atoms with van der Waals surface area (Å²) >= 11 is 1.20. The minimum absolute atomic E-state index is 0.497. The maximum Gasteiger partial charge on any atom is 0.200 e. The van der Waals surface area contributed by atoms with Gasteiger partial charge in [-0.25, -0.2) is 4.98 Å². The number of hydrogen-bond donors (Lipinski definition) is 1. The third kappa shape index (κ3) is 1.42. The molecule has 0 amide bonds. The molecule has 0 aromatic carbocycles. The first-order valence-electron chi connectivity index (χ1n) is 3.40. The fraction of sp³-hybridized carbons (Fsp3) is 0.167. The second-order valence-corrected chi connectivity index (χ2v) is 3.04. The molecule has 0 aliphatic carbocycles. The fourth-order valence-corrected chi connectivity index (χ4v) is 1.31. The maximum absolute atomic E-state index is 5.42. The molecule has 0 atom stereocenters. The van der Waals surface area contributed by atoms with Crippen LogP contribution in [0.15, 0.2) is 18.5 Å². The Bertz CT molecular complexity index is 352. The topological polar surface area (TPSA) is 69.6 Å². The summed E-state index contributed by atoms with van der Waals surface area (Å²) in [4.78, 5) is 4.01. The van der Waals surface area contributed by atoms with Crippen LogP contribution >= 0.6 is 11.5 Å². The number of nitrogens with two attached hydrogens (primary N) is 1. The summed E-state index contributed by atoms with van der Waals surface area (Å²) in [7, 11) is 0. The van der Waals surface area contributed by atoms with Gasteiger partial charge in [-0.2, -0.15) is 9.47 Å². The predicted molar refractivity (Wildman–Crippen MR) is 45.7 cm³/mol. The molecule has 0 saturated heterocycles. The first-order valence-corrected chi connectivity index (χ1v) is 4.17. The zero-order chi connectivity index (χ0) is 8.39. The van der Waals surface area contributed by atoms with Gasteiger partial charge in [-0.15, -0.1) is 0 Å². The third-order valence-electron chi connectivity index (χ3n) is 1.35. The Labute approximate surface area is 73.0 Å². The Morgan fingerprint density at radius 2 is 2.50 bits per heavy atom. The normalized spacial score (nSPS) is 10.3. The molecule has 0 aliphatic rings. The van der Waals surface area contributed by atoms with Gasteiger partial charge in [0.15, 0.2) is 11.0 Å². The Morgan fingerprint density at radius 1 is 1.58 bits per heavy atom. The minimum atomic E-state index is 0.497. The van der Waals surface area contributed by atoms with E-state index in [1.807, 2.05) is 12.3 Å². The molecule has 0 spiro atoms. The molecule has 0 saturated carbocycles. The standard InChI is InChI=1S/C6H7N5S/c7-6-9-5(10-12-6)4-11-3-1-2-8-11/h1-3H,4H2,(H2,7,9,10). The highest BCUT2D eigenvalue weighted by Crippen LogP contribution is 2.06. The van der Waals surface area contributed by atoms with Gasteiger partial charge in [0.1, 0.15) is 6.54 Å². The molecule has 2 aromatic rings. The lowest BCUT2D eigenvalue weighted by molar-refractivity contribution is 0.664. The van der Waals surface area contributed by atoms with Gasteiger partial charge in [0.25, 0.3) is 0 Å². The van der Waals surface area contributed by atoms with Crippen LogP contribution in [0.5, 0.6) is 0 Å². The third-order valence-corrected chi connectivity index (χ3v) is 1.93. The highest BCUT2D eigenvalue weighted by atomic mass is 32.1. The molecular weight excluding hydrogens is 174 g/mol. The number of nitrogens with zero attached hydrogens (tertiary/aromatic N) is 4. The number of anilines is 1. The van der Waals surface area contributed by atoms with Crippen molar-refractivity contribution in [1.82, 2.24) is 19.1 Å². The van der Waals surface area contributed by atoms with Crippen molar-refractivity contribution in [2.24, 2.45) is 0 Å². The molecular formula is C6H7N5S. The van der Waals surface area contributed by atoms with Crippen LogP contribution in [-0.4, -0.2) is 19.1 Å². The highest BCUT2D eigenvalue weighted by Gasteiger charge is 2.00. The minimum Gasteiger partial charge on any atom is -0.374 e. The summed E-state index contributed by atoms with van der Waals surface area (Å²) in [6.07, 6.45) is 3.58. The van der Waals surface area contributed by atoms with Gasteiger partial charge in [-0.1, -0.05) is 0 Å². The van der Waals surface area contributed by atoms with E-state index in [4.69, 9.17) is 5.73 Å². The molecule has 2 rings (SSSR count). The number of aromatic nitrogens is 4. The Hall–Kier alpha value is -1.43. The summed E-state index contributed by atoms with van der Waals surface area (Å²) in [5.74, 6) is 0.709. The molecule has 6 heteroatoms. The smallest absolute Gasteiger partial charge is 0.200 e. The molecule has 0 bridgehead atoms. The number of rotatable bonds is 2. The van der Waals surface area contributed by atoms with E-state index in [1.54, 1.807) is 10.9 Å². The van der Waals surface area contributed by atoms with Crippen LogP contribution in [0, 0.1) is 0 Å². The van der Waals surface area contributed by atoms with E-state index in [9.17, 15) is 0 Å². The molecule has 2 N–H and O–H groups in total. The second kappa shape index (κ2) is 2.90. The highest BCUT2D eigenvalue weighted by molar-refractivity contribution is 7.09. The molecule has 0 fully saturated rings. The lowest BCUT2D eigenvalue weighted by atomic mass is 10.6. The SMILES string of the molecule is Nc1nc(Cn2cccn2)ns1. The van der Waals surface area contributed by atoms with E-state index in [0.29, 0.717) is 17.5 Å². The summed E-state index contributed by atoms with van der Waals surface area (Å²) in [6, 6.07) is 1.86. The lowest BCUT2D eigenvalue weighted by Gasteiger charge is -1.93. The second-order valence-electron chi connectivity index (χ2n) is 2.25. The summed E-state index contributed by atoms with van der Waals surface area (Å²) in [5, 5.41) is 4.52. The van der Waals surface area contributed by atoms with Crippen molar-refractivity contribution in [3.8, 4) is 0 Å². The summed E-state index contributed by atoms with van der Waals surface area (Å²) in [5.41, 5.74) is 5.42. The van der Waals surface area contributed by atoms with Crippen LogP contribution in [0.2, 0.25) is 0 Å². The average molecular weight is 181 g/mol. The molecule has 0 unspecified atom stereocenters. The Kier molecular flexibility index (Phi) is 1.75. The molecule has 0 aliphatic heterocycles. The zero-order valence-corrected chi connectivity index (χ0v) is 7.03. The van der Waals surface area contributed by atoms with Gasteiger partial charge in [-0.3, -0.25) is 4.68 Å². The maximum atomic E-state index is 5.42. The van der Waals surface area contributed by atoms with Crippen LogP contribution in [-0.2, 0) is 6.54 Å². The summed E-state index contributed by atoms with van der Waals surface area (Å²) in [6.45, 7) is 0.584. The first-order chi connectivity index (χ1) is 5.84. The van der Waals surface area contributed by atoms with Crippen LogP contribution in [0.3, 0.4) is 0 Å². The van der Waals surface area contributed by atoms with Gasteiger partial charge < -0.3 is 5.73 Å². The quantitative estimate of drug-likeness (QED) is 0.726. The van der Waals surface area contributed by atoms with Gasteiger partial charge in [0.05, 0.1) is 0 Å². The van der Waals surface area contributed by atoms with Crippen molar-refractivity contribution in [3.05, 3.63) is 24.3 Å². The molecule has 2 aromatic heterocycles. The number of nitrogen functional groups attached to an aromatic ring is 1. The van der Waals surface area contributed by atoms with E-state index < -0.39 is 0 Å². The molecule has 12 heavy (non-hydrogen) atoms. The van der Waals surface area contributed by atoms with Crippen molar-refractivity contribution >= 4 is 16.7 Å². The van der Waals surface area contributed by atoms with Crippen molar-refractivity contribution in [1.29, 1.82) is 0 Å². The van der Waals surface area contributed by atoms with E-state index >= 15 is 0 Å². The van der Waals surface area contributed by atoms with Gasteiger partial charge in [0, 0.05) is 23.9 Å². The van der Waals surface area contributed by atoms with Crippen LogP contribution in [0.4, 0.5) is 5.13 Å². The zero-order valence-electron chi connectivity index (χ0n) is 6.21. The fourth-order valence-electron chi connectivity index (χ4n) is 0.871. The van der Waals surface area contributed by atoms with Crippen molar-refractivity contribution in [2.75, 3.05) is 5.73 Å². The van der Waals surface area contributed by atoms with E-state index in [0.717, 1.165) is 0 Å². The predicted octanol–water partition coefficient (Wildman–Crippen LogP) is 0.365. The largest absolute Gasteiger partial charge is 0.374 e. The summed E-state index contributed by atoms with van der Waals surface area (Å²) < 4.78 is 5.79. The van der Waals surface area contributed by atoms with Crippen molar-refractivity contribution in [3.63, 3.8) is 0 Å². The first kappa shape index (κ1) is 7.23. The lowest BCUT2D eigenvalue weighted by Crippen LogP contribution is -2.01. The monoisotopic (exact) mass is 181 g/mol. The molecule has 5 nitrogen and oxygen atoms in total. The Morgan fingerprint density at radius 3 is 3.08 bits per heavy atom. The van der Waals surface area contributed by atoms with Gasteiger partial charge in [0.2, 0.25) is 0 Å². The van der Waals surface area contributed by atoms with Gasteiger partial charge >= 0.3 is 0 Å². The van der Waals surface area contributed by atoms with Crippen LogP contribution in [0.1, 0.15) is 5.82 Å². The molecule has 0 radical (unpaired) electrons. The Balaban J connectivity index is 2.14.